The zero-order valence-electron chi connectivity index (χ0n) is 12.1. The van der Waals surface area contributed by atoms with Crippen LogP contribution in [0, 0.1) is 0 Å². The lowest BCUT2D eigenvalue weighted by atomic mass is 10.2. The van der Waals surface area contributed by atoms with Gasteiger partial charge in [-0.25, -0.2) is 4.98 Å². The normalized spacial score (nSPS) is 13.2. The van der Waals surface area contributed by atoms with E-state index in [-0.39, 0.29) is 12.1 Å². The summed E-state index contributed by atoms with van der Waals surface area (Å²) in [4.78, 5) is 8.45. The summed E-state index contributed by atoms with van der Waals surface area (Å²) in [6, 6.07) is 1.94. The molecule has 2 rings (SSSR count). The number of fused-ring (bicyclic) bond motifs is 1. The van der Waals surface area contributed by atoms with Gasteiger partial charge >= 0.3 is 0 Å². The SMILES string of the molecule is CNc1nc(N)nc2ccn(C/C=C/CC(C)OC)c12. The number of rotatable bonds is 6. The lowest BCUT2D eigenvalue weighted by Gasteiger charge is -2.07. The van der Waals surface area contributed by atoms with Gasteiger partial charge in [-0.2, -0.15) is 4.98 Å². The van der Waals surface area contributed by atoms with E-state index in [9.17, 15) is 0 Å². The van der Waals surface area contributed by atoms with Crippen LogP contribution in [-0.4, -0.2) is 34.8 Å². The molecule has 0 fully saturated rings. The number of ether oxygens (including phenoxy) is 1. The van der Waals surface area contributed by atoms with Gasteiger partial charge in [0.25, 0.3) is 0 Å². The average molecular weight is 275 g/mol. The van der Waals surface area contributed by atoms with Crippen LogP contribution >= 0.6 is 0 Å². The van der Waals surface area contributed by atoms with Gasteiger partial charge in [0.05, 0.1) is 11.6 Å². The maximum atomic E-state index is 5.68. The molecule has 0 spiro atoms. The average Bonchev–Trinajstić information content (AvgIpc) is 2.85. The monoisotopic (exact) mass is 275 g/mol. The van der Waals surface area contributed by atoms with Crippen molar-refractivity contribution in [3.8, 4) is 0 Å². The van der Waals surface area contributed by atoms with Gasteiger partial charge in [0, 0.05) is 26.9 Å². The second-order valence-corrected chi connectivity index (χ2v) is 4.64. The number of nitrogens with zero attached hydrogens (tertiary/aromatic N) is 3. The fourth-order valence-corrected chi connectivity index (χ4v) is 2.02. The Balaban J connectivity index is 2.19. The fourth-order valence-electron chi connectivity index (χ4n) is 2.02. The van der Waals surface area contributed by atoms with Crippen molar-refractivity contribution in [2.24, 2.45) is 0 Å². The van der Waals surface area contributed by atoms with Crippen LogP contribution in [0.1, 0.15) is 13.3 Å². The van der Waals surface area contributed by atoms with E-state index in [4.69, 9.17) is 10.5 Å². The predicted molar refractivity (Wildman–Crippen MR) is 81.7 cm³/mol. The van der Waals surface area contributed by atoms with Gasteiger partial charge < -0.3 is 20.4 Å². The van der Waals surface area contributed by atoms with Crippen LogP contribution < -0.4 is 11.1 Å². The second kappa shape index (κ2) is 6.38. The van der Waals surface area contributed by atoms with Crippen molar-refractivity contribution in [3.05, 3.63) is 24.4 Å². The summed E-state index contributed by atoms with van der Waals surface area (Å²) in [5.41, 5.74) is 7.49. The van der Waals surface area contributed by atoms with Crippen molar-refractivity contribution >= 4 is 22.8 Å². The van der Waals surface area contributed by atoms with E-state index in [0.717, 1.165) is 29.8 Å². The molecule has 1 unspecified atom stereocenters. The highest BCUT2D eigenvalue weighted by Crippen LogP contribution is 2.22. The molecule has 6 heteroatoms. The molecule has 0 aliphatic carbocycles. The molecule has 0 radical (unpaired) electrons. The molecule has 0 amide bonds. The van der Waals surface area contributed by atoms with Gasteiger partial charge in [0.2, 0.25) is 5.95 Å². The van der Waals surface area contributed by atoms with Gasteiger partial charge in [-0.15, -0.1) is 0 Å². The van der Waals surface area contributed by atoms with Gasteiger partial charge in [0.15, 0.2) is 5.82 Å². The Morgan fingerprint density at radius 1 is 1.45 bits per heavy atom. The Morgan fingerprint density at radius 3 is 2.95 bits per heavy atom. The van der Waals surface area contributed by atoms with Crippen molar-refractivity contribution in [1.82, 2.24) is 14.5 Å². The maximum absolute atomic E-state index is 5.68. The molecule has 6 nitrogen and oxygen atoms in total. The molecule has 2 heterocycles. The van der Waals surface area contributed by atoms with Crippen molar-refractivity contribution in [1.29, 1.82) is 0 Å². The minimum Gasteiger partial charge on any atom is -0.381 e. The van der Waals surface area contributed by atoms with Crippen molar-refractivity contribution < 1.29 is 4.74 Å². The van der Waals surface area contributed by atoms with Crippen molar-refractivity contribution in [3.63, 3.8) is 0 Å². The standard InChI is InChI=1S/C14H21N5O/c1-10(20-3)6-4-5-8-19-9-7-11-12(19)13(16-2)18-14(15)17-11/h4-5,7,9-10H,6,8H2,1-3H3,(H3,15,16,17,18)/b5-4+. The zero-order valence-corrected chi connectivity index (χ0v) is 12.1. The number of nitrogens with two attached hydrogens (primary N) is 1. The lowest BCUT2D eigenvalue weighted by Crippen LogP contribution is -2.04. The van der Waals surface area contributed by atoms with Crippen molar-refractivity contribution in [2.75, 3.05) is 25.2 Å². The van der Waals surface area contributed by atoms with Crippen LogP contribution in [0.5, 0.6) is 0 Å². The number of aromatic nitrogens is 3. The van der Waals surface area contributed by atoms with Crippen LogP contribution in [0.25, 0.3) is 11.0 Å². The highest BCUT2D eigenvalue weighted by atomic mass is 16.5. The van der Waals surface area contributed by atoms with E-state index in [1.807, 2.05) is 26.2 Å². The number of anilines is 2. The summed E-state index contributed by atoms with van der Waals surface area (Å²) >= 11 is 0. The largest absolute Gasteiger partial charge is 0.381 e. The van der Waals surface area contributed by atoms with Crippen LogP contribution in [0.4, 0.5) is 11.8 Å². The van der Waals surface area contributed by atoms with Crippen LogP contribution in [0.15, 0.2) is 24.4 Å². The highest BCUT2D eigenvalue weighted by Gasteiger charge is 2.09. The molecule has 0 aliphatic rings. The minimum absolute atomic E-state index is 0.239. The number of methoxy groups -OCH3 is 1. The molecule has 1 atom stereocenters. The Morgan fingerprint density at radius 2 is 2.25 bits per heavy atom. The van der Waals surface area contributed by atoms with Gasteiger partial charge in [-0.05, 0) is 19.4 Å². The van der Waals surface area contributed by atoms with E-state index < -0.39 is 0 Å². The third-order valence-electron chi connectivity index (χ3n) is 3.20. The van der Waals surface area contributed by atoms with E-state index in [1.54, 1.807) is 7.11 Å². The number of hydrogen-bond acceptors (Lipinski definition) is 5. The third-order valence-corrected chi connectivity index (χ3v) is 3.20. The minimum atomic E-state index is 0.239. The van der Waals surface area contributed by atoms with Gasteiger partial charge in [-0.3, -0.25) is 0 Å². The molecule has 2 aromatic heterocycles. The Bertz CT molecular complexity index is 605. The quantitative estimate of drug-likeness (QED) is 0.789. The predicted octanol–water partition coefficient (Wildman–Crippen LogP) is 2.04. The molecule has 20 heavy (non-hydrogen) atoms. The number of nitrogen functional groups attached to an aromatic ring is 1. The van der Waals surface area contributed by atoms with E-state index in [0.29, 0.717) is 0 Å². The number of nitrogens with one attached hydrogen (secondary N) is 1. The molecule has 0 saturated carbocycles. The topological polar surface area (TPSA) is 78.0 Å². The molecular formula is C14H21N5O. The summed E-state index contributed by atoms with van der Waals surface area (Å²) < 4.78 is 7.30. The van der Waals surface area contributed by atoms with Crippen LogP contribution in [-0.2, 0) is 11.3 Å². The molecule has 0 bridgehead atoms. The fraction of sp³-hybridized carbons (Fsp3) is 0.429. The first-order chi connectivity index (χ1) is 9.65. The molecule has 0 aromatic carbocycles. The Hall–Kier alpha value is -2.08. The summed E-state index contributed by atoms with van der Waals surface area (Å²) in [6.45, 7) is 2.81. The number of hydrogen-bond donors (Lipinski definition) is 2. The third kappa shape index (κ3) is 3.08. The molecule has 0 saturated heterocycles. The first kappa shape index (κ1) is 14.3. The second-order valence-electron chi connectivity index (χ2n) is 4.64. The van der Waals surface area contributed by atoms with Gasteiger partial charge in [-0.1, -0.05) is 12.2 Å². The Labute approximate surface area is 118 Å². The summed E-state index contributed by atoms with van der Waals surface area (Å²) in [5.74, 6) is 1.03. The highest BCUT2D eigenvalue weighted by molar-refractivity contribution is 5.87. The smallest absolute Gasteiger partial charge is 0.222 e. The first-order valence-electron chi connectivity index (χ1n) is 6.63. The number of allylic oxidation sites excluding steroid dienone is 1. The maximum Gasteiger partial charge on any atom is 0.222 e. The van der Waals surface area contributed by atoms with E-state index >= 15 is 0 Å². The summed E-state index contributed by atoms with van der Waals surface area (Å²) in [7, 11) is 3.55. The summed E-state index contributed by atoms with van der Waals surface area (Å²) in [5, 5.41) is 3.06. The van der Waals surface area contributed by atoms with Crippen LogP contribution in [0.2, 0.25) is 0 Å². The molecule has 2 aromatic rings. The van der Waals surface area contributed by atoms with E-state index in [2.05, 4.69) is 32.0 Å². The molecule has 3 N–H and O–H groups in total. The van der Waals surface area contributed by atoms with Crippen LogP contribution in [0.3, 0.4) is 0 Å². The first-order valence-corrected chi connectivity index (χ1v) is 6.63. The molecule has 108 valence electrons. The lowest BCUT2D eigenvalue weighted by molar-refractivity contribution is 0.121. The summed E-state index contributed by atoms with van der Waals surface area (Å²) in [6.07, 6.45) is 7.37. The van der Waals surface area contributed by atoms with E-state index in [1.165, 1.54) is 0 Å². The Kier molecular flexibility index (Phi) is 4.57. The molecular weight excluding hydrogens is 254 g/mol. The zero-order chi connectivity index (χ0) is 14.5. The van der Waals surface area contributed by atoms with Gasteiger partial charge in [0.1, 0.15) is 5.52 Å². The molecule has 0 aliphatic heterocycles. The van der Waals surface area contributed by atoms with Crippen molar-refractivity contribution in [2.45, 2.75) is 26.0 Å².